The van der Waals surface area contributed by atoms with E-state index in [2.05, 4.69) is 27.4 Å². The van der Waals surface area contributed by atoms with E-state index >= 15 is 0 Å². The summed E-state index contributed by atoms with van der Waals surface area (Å²) in [6, 6.07) is 7.44. The number of ether oxygens (including phenoxy) is 1. The quantitative estimate of drug-likeness (QED) is 0.722. The zero-order chi connectivity index (χ0) is 17.8. The molecule has 0 atom stereocenters. The Bertz CT molecular complexity index is 907. The molecule has 25 heavy (non-hydrogen) atoms. The highest BCUT2D eigenvalue weighted by molar-refractivity contribution is 7.15. The molecule has 0 radical (unpaired) electrons. The van der Waals surface area contributed by atoms with Crippen LogP contribution in [0.2, 0.25) is 0 Å². The SMILES string of the molecule is CCCCc1nnc(NC(=O)c2cc3ccc(OC)cc3nc2C)s1. The largest absolute Gasteiger partial charge is 0.497 e. The van der Waals surface area contributed by atoms with Gasteiger partial charge in [-0.1, -0.05) is 24.7 Å². The molecule has 0 aliphatic carbocycles. The van der Waals surface area contributed by atoms with E-state index in [0.29, 0.717) is 16.4 Å². The van der Waals surface area contributed by atoms with Crippen molar-refractivity contribution in [2.75, 3.05) is 12.4 Å². The molecular weight excluding hydrogens is 336 g/mol. The molecular formula is C18H20N4O2S. The monoisotopic (exact) mass is 356 g/mol. The van der Waals surface area contributed by atoms with Crippen LogP contribution in [0.3, 0.4) is 0 Å². The number of aromatic nitrogens is 3. The minimum Gasteiger partial charge on any atom is -0.497 e. The van der Waals surface area contributed by atoms with Crippen molar-refractivity contribution < 1.29 is 9.53 Å². The molecule has 3 aromatic rings. The first-order valence-electron chi connectivity index (χ1n) is 8.20. The van der Waals surface area contributed by atoms with Gasteiger partial charge in [0.25, 0.3) is 5.91 Å². The lowest BCUT2D eigenvalue weighted by atomic mass is 10.1. The molecule has 1 N–H and O–H groups in total. The first-order valence-corrected chi connectivity index (χ1v) is 9.01. The number of unbranched alkanes of at least 4 members (excludes halogenated alkanes) is 1. The molecule has 130 valence electrons. The van der Waals surface area contributed by atoms with Crippen LogP contribution in [-0.2, 0) is 6.42 Å². The summed E-state index contributed by atoms with van der Waals surface area (Å²) in [5.41, 5.74) is 1.99. The van der Waals surface area contributed by atoms with E-state index in [4.69, 9.17) is 4.74 Å². The fourth-order valence-corrected chi connectivity index (χ4v) is 3.27. The molecule has 0 unspecified atom stereocenters. The number of pyridine rings is 1. The number of hydrogen-bond donors (Lipinski definition) is 1. The van der Waals surface area contributed by atoms with Gasteiger partial charge in [-0.3, -0.25) is 15.1 Å². The van der Waals surface area contributed by atoms with Crippen LogP contribution in [0.5, 0.6) is 5.75 Å². The Morgan fingerprint density at radius 1 is 1.28 bits per heavy atom. The second kappa shape index (κ2) is 7.57. The molecule has 0 spiro atoms. The highest BCUT2D eigenvalue weighted by atomic mass is 32.1. The second-order valence-corrected chi connectivity index (χ2v) is 6.80. The van der Waals surface area contributed by atoms with Crippen LogP contribution < -0.4 is 10.1 Å². The van der Waals surface area contributed by atoms with E-state index in [0.717, 1.165) is 40.9 Å². The van der Waals surface area contributed by atoms with Gasteiger partial charge in [0.05, 0.1) is 23.9 Å². The average molecular weight is 356 g/mol. The van der Waals surface area contributed by atoms with Gasteiger partial charge < -0.3 is 4.74 Å². The minimum atomic E-state index is -0.221. The van der Waals surface area contributed by atoms with Crippen molar-refractivity contribution in [1.29, 1.82) is 0 Å². The average Bonchev–Trinajstić information content (AvgIpc) is 3.05. The Balaban J connectivity index is 1.81. The summed E-state index contributed by atoms with van der Waals surface area (Å²) >= 11 is 1.42. The van der Waals surface area contributed by atoms with E-state index in [-0.39, 0.29) is 5.91 Å². The molecule has 0 aliphatic rings. The number of anilines is 1. The van der Waals surface area contributed by atoms with Crippen LogP contribution in [0.15, 0.2) is 24.3 Å². The van der Waals surface area contributed by atoms with Gasteiger partial charge >= 0.3 is 0 Å². The van der Waals surface area contributed by atoms with Crippen molar-refractivity contribution in [2.45, 2.75) is 33.1 Å². The summed E-state index contributed by atoms with van der Waals surface area (Å²) in [7, 11) is 1.62. The maximum Gasteiger partial charge on any atom is 0.259 e. The standard InChI is InChI=1S/C18H20N4O2S/c1-4-5-6-16-21-22-18(25-16)20-17(23)14-9-12-7-8-13(24-3)10-15(12)19-11(14)2/h7-10H,4-6H2,1-3H3,(H,20,22,23). The van der Waals surface area contributed by atoms with Gasteiger partial charge in [-0.05, 0) is 31.5 Å². The number of carbonyl (C=O) groups is 1. The van der Waals surface area contributed by atoms with Crippen LogP contribution in [0.1, 0.15) is 40.8 Å². The number of rotatable bonds is 6. The van der Waals surface area contributed by atoms with Crippen LogP contribution in [0, 0.1) is 6.92 Å². The highest BCUT2D eigenvalue weighted by Gasteiger charge is 2.14. The predicted molar refractivity (Wildman–Crippen MR) is 99.5 cm³/mol. The fourth-order valence-electron chi connectivity index (χ4n) is 2.50. The number of benzene rings is 1. The van der Waals surface area contributed by atoms with Gasteiger partial charge in [0.2, 0.25) is 5.13 Å². The van der Waals surface area contributed by atoms with Gasteiger partial charge in [-0.25, -0.2) is 0 Å². The molecule has 0 saturated heterocycles. The van der Waals surface area contributed by atoms with Gasteiger partial charge in [-0.15, -0.1) is 10.2 Å². The molecule has 2 aromatic heterocycles. The number of fused-ring (bicyclic) bond motifs is 1. The third kappa shape index (κ3) is 3.93. The summed E-state index contributed by atoms with van der Waals surface area (Å²) in [5.74, 6) is 0.519. The van der Waals surface area contributed by atoms with Crippen LogP contribution in [-0.4, -0.2) is 28.2 Å². The molecule has 7 heteroatoms. The molecule has 3 rings (SSSR count). The van der Waals surface area contributed by atoms with Gasteiger partial charge in [0.1, 0.15) is 10.8 Å². The number of hydrogen-bond acceptors (Lipinski definition) is 6. The van der Waals surface area contributed by atoms with Crippen LogP contribution in [0.25, 0.3) is 10.9 Å². The van der Waals surface area contributed by atoms with E-state index in [1.165, 1.54) is 11.3 Å². The van der Waals surface area contributed by atoms with E-state index < -0.39 is 0 Å². The van der Waals surface area contributed by atoms with Gasteiger partial charge in [0, 0.05) is 17.9 Å². The van der Waals surface area contributed by atoms with E-state index in [1.54, 1.807) is 7.11 Å². The van der Waals surface area contributed by atoms with Crippen molar-refractivity contribution in [3.8, 4) is 5.75 Å². The maximum atomic E-state index is 12.6. The number of methoxy groups -OCH3 is 1. The van der Waals surface area contributed by atoms with Crippen molar-refractivity contribution in [3.05, 3.63) is 40.5 Å². The first-order chi connectivity index (χ1) is 12.1. The zero-order valence-corrected chi connectivity index (χ0v) is 15.3. The Morgan fingerprint density at radius 3 is 2.88 bits per heavy atom. The summed E-state index contributed by atoms with van der Waals surface area (Å²) in [6.07, 6.45) is 3.07. The molecule has 0 aliphatic heterocycles. The molecule has 1 amide bonds. The fraction of sp³-hybridized carbons (Fsp3) is 0.333. The summed E-state index contributed by atoms with van der Waals surface area (Å²) in [5, 5.41) is 13.3. The van der Waals surface area contributed by atoms with Crippen molar-refractivity contribution in [3.63, 3.8) is 0 Å². The summed E-state index contributed by atoms with van der Waals surface area (Å²) < 4.78 is 5.22. The Kier molecular flexibility index (Phi) is 5.23. The number of nitrogens with one attached hydrogen (secondary N) is 1. The van der Waals surface area contributed by atoms with E-state index in [1.807, 2.05) is 31.2 Å². The number of amides is 1. The third-order valence-corrected chi connectivity index (χ3v) is 4.79. The maximum absolute atomic E-state index is 12.6. The molecule has 0 fully saturated rings. The number of aryl methyl sites for hydroxylation is 2. The van der Waals surface area contributed by atoms with Crippen LogP contribution >= 0.6 is 11.3 Å². The van der Waals surface area contributed by atoms with Gasteiger partial charge in [-0.2, -0.15) is 0 Å². The Morgan fingerprint density at radius 2 is 2.12 bits per heavy atom. The topological polar surface area (TPSA) is 77.0 Å². The molecule has 2 heterocycles. The Hall–Kier alpha value is -2.54. The summed E-state index contributed by atoms with van der Waals surface area (Å²) in [4.78, 5) is 17.1. The van der Waals surface area contributed by atoms with Crippen molar-refractivity contribution >= 4 is 33.3 Å². The van der Waals surface area contributed by atoms with Crippen LogP contribution in [0.4, 0.5) is 5.13 Å². The Labute approximate surface area is 150 Å². The van der Waals surface area contributed by atoms with Crippen molar-refractivity contribution in [2.24, 2.45) is 0 Å². The zero-order valence-electron chi connectivity index (χ0n) is 14.5. The highest BCUT2D eigenvalue weighted by Crippen LogP contribution is 2.23. The minimum absolute atomic E-state index is 0.221. The summed E-state index contributed by atoms with van der Waals surface area (Å²) in [6.45, 7) is 3.95. The van der Waals surface area contributed by atoms with E-state index in [9.17, 15) is 4.79 Å². The lowest BCUT2D eigenvalue weighted by Gasteiger charge is -2.08. The predicted octanol–water partition coefficient (Wildman–Crippen LogP) is 4.00. The first kappa shape index (κ1) is 17.3. The van der Waals surface area contributed by atoms with Crippen molar-refractivity contribution in [1.82, 2.24) is 15.2 Å². The third-order valence-electron chi connectivity index (χ3n) is 3.89. The smallest absolute Gasteiger partial charge is 0.259 e. The lowest BCUT2D eigenvalue weighted by Crippen LogP contribution is -2.14. The molecule has 0 saturated carbocycles. The lowest BCUT2D eigenvalue weighted by molar-refractivity contribution is 0.102. The number of carbonyl (C=O) groups excluding carboxylic acids is 1. The number of nitrogens with zero attached hydrogens (tertiary/aromatic N) is 3. The molecule has 1 aromatic carbocycles. The second-order valence-electron chi connectivity index (χ2n) is 5.74. The molecule has 0 bridgehead atoms. The van der Waals surface area contributed by atoms with Gasteiger partial charge in [0.15, 0.2) is 0 Å². The molecule has 6 nitrogen and oxygen atoms in total. The normalized spacial score (nSPS) is 10.8.